The highest BCUT2D eigenvalue weighted by Crippen LogP contribution is 2.23. The van der Waals surface area contributed by atoms with Crippen LogP contribution in [0, 0.1) is 0 Å². The average Bonchev–Trinajstić information content (AvgIpc) is 2.31. The maximum atomic E-state index is 11.9. The number of nitrogen functional groups attached to an aromatic ring is 1. The smallest absolute Gasteiger partial charge is 0.241 e. The summed E-state index contributed by atoms with van der Waals surface area (Å²) in [4.78, 5) is 11.0. The third-order valence-corrected chi connectivity index (χ3v) is 4.62. The summed E-state index contributed by atoms with van der Waals surface area (Å²) in [5.74, 6) is -0.232. The molecule has 0 atom stereocenters. The molecule has 100 valence electrons. The van der Waals surface area contributed by atoms with E-state index in [1.54, 1.807) is 12.1 Å². The van der Waals surface area contributed by atoms with Crippen molar-refractivity contribution in [3.8, 4) is 0 Å². The van der Waals surface area contributed by atoms with E-state index >= 15 is 0 Å². The lowest BCUT2D eigenvalue weighted by Gasteiger charge is -2.08. The van der Waals surface area contributed by atoms with Crippen molar-refractivity contribution in [3.05, 3.63) is 22.7 Å². The summed E-state index contributed by atoms with van der Waals surface area (Å²) in [5.41, 5.74) is 5.90. The Morgan fingerprint density at radius 3 is 2.72 bits per heavy atom. The van der Waals surface area contributed by atoms with Crippen LogP contribution < -0.4 is 15.8 Å². The summed E-state index contributed by atoms with van der Waals surface area (Å²) in [5, 5.41) is 2.41. The van der Waals surface area contributed by atoms with Crippen molar-refractivity contribution in [2.75, 3.05) is 19.3 Å². The van der Waals surface area contributed by atoms with Gasteiger partial charge in [-0.05, 0) is 34.1 Å². The second-order valence-electron chi connectivity index (χ2n) is 3.51. The van der Waals surface area contributed by atoms with Crippen LogP contribution in [0.2, 0.25) is 0 Å². The van der Waals surface area contributed by atoms with Crippen LogP contribution in [0.1, 0.15) is 6.42 Å². The summed E-state index contributed by atoms with van der Waals surface area (Å²) in [6.07, 6.45) is 0.0790. The number of rotatable bonds is 5. The van der Waals surface area contributed by atoms with Crippen molar-refractivity contribution >= 4 is 37.5 Å². The molecule has 0 aliphatic rings. The molecule has 0 spiro atoms. The molecule has 0 saturated heterocycles. The lowest BCUT2D eigenvalue weighted by atomic mass is 10.3. The molecule has 0 unspecified atom stereocenters. The number of anilines is 1. The third-order valence-electron chi connectivity index (χ3n) is 2.17. The Balaban J connectivity index is 2.80. The number of hydrogen-bond acceptors (Lipinski definition) is 4. The Labute approximate surface area is 114 Å². The minimum atomic E-state index is -3.67. The van der Waals surface area contributed by atoms with Crippen LogP contribution in [0.25, 0.3) is 0 Å². The summed E-state index contributed by atoms with van der Waals surface area (Å²) in [7, 11) is -2.18. The first-order valence-electron chi connectivity index (χ1n) is 5.12. The lowest BCUT2D eigenvalue weighted by Crippen LogP contribution is -2.29. The maximum absolute atomic E-state index is 11.9. The number of amides is 1. The van der Waals surface area contributed by atoms with Gasteiger partial charge in [0, 0.05) is 30.2 Å². The number of sulfonamides is 1. The topological polar surface area (TPSA) is 101 Å². The van der Waals surface area contributed by atoms with Crippen molar-refractivity contribution in [3.63, 3.8) is 0 Å². The van der Waals surface area contributed by atoms with Crippen molar-refractivity contribution in [2.45, 2.75) is 11.3 Å². The zero-order valence-corrected chi connectivity index (χ0v) is 12.1. The summed E-state index contributed by atoms with van der Waals surface area (Å²) >= 11 is 3.15. The van der Waals surface area contributed by atoms with Crippen LogP contribution in [-0.2, 0) is 14.8 Å². The number of benzene rings is 1. The number of nitrogens with one attached hydrogen (secondary N) is 2. The molecule has 6 nitrogen and oxygen atoms in total. The number of carbonyl (C=O) groups is 1. The highest BCUT2D eigenvalue weighted by molar-refractivity contribution is 9.10. The van der Waals surface area contributed by atoms with Crippen molar-refractivity contribution in [1.29, 1.82) is 0 Å². The zero-order chi connectivity index (χ0) is 13.8. The van der Waals surface area contributed by atoms with Gasteiger partial charge in [0.25, 0.3) is 0 Å². The van der Waals surface area contributed by atoms with Crippen molar-refractivity contribution in [1.82, 2.24) is 10.0 Å². The standard InChI is InChI=1S/C10H14BrN3O3S/c1-13-10(15)4-5-14-18(16,17)9-6-7(12)2-3-8(9)11/h2-3,6,14H,4-5,12H2,1H3,(H,13,15). The highest BCUT2D eigenvalue weighted by Gasteiger charge is 2.17. The van der Waals surface area contributed by atoms with E-state index in [9.17, 15) is 13.2 Å². The second kappa shape index (κ2) is 6.17. The first kappa shape index (κ1) is 14.9. The van der Waals surface area contributed by atoms with E-state index in [1.807, 2.05) is 0 Å². The predicted molar refractivity (Wildman–Crippen MR) is 72.4 cm³/mol. The highest BCUT2D eigenvalue weighted by atomic mass is 79.9. The van der Waals surface area contributed by atoms with E-state index in [0.717, 1.165) is 0 Å². The number of hydrogen-bond donors (Lipinski definition) is 3. The maximum Gasteiger partial charge on any atom is 0.241 e. The molecule has 1 aromatic carbocycles. The van der Waals surface area contributed by atoms with Gasteiger partial charge in [-0.1, -0.05) is 0 Å². The van der Waals surface area contributed by atoms with Crippen LogP contribution in [0.15, 0.2) is 27.6 Å². The van der Waals surface area contributed by atoms with Gasteiger partial charge in [-0.15, -0.1) is 0 Å². The quantitative estimate of drug-likeness (QED) is 0.680. The number of nitrogens with two attached hydrogens (primary N) is 1. The average molecular weight is 336 g/mol. The molecule has 0 aliphatic heterocycles. The second-order valence-corrected chi connectivity index (χ2v) is 6.10. The Kier molecular flexibility index (Phi) is 5.12. The van der Waals surface area contributed by atoms with Crippen LogP contribution in [-0.4, -0.2) is 27.9 Å². The molecule has 1 rings (SSSR count). The molecule has 1 amide bonds. The Morgan fingerprint density at radius 2 is 2.11 bits per heavy atom. The summed E-state index contributed by atoms with van der Waals surface area (Å²) in [6, 6.07) is 4.50. The first-order valence-corrected chi connectivity index (χ1v) is 7.39. The monoisotopic (exact) mass is 335 g/mol. The third kappa shape index (κ3) is 3.97. The van der Waals surface area contributed by atoms with Gasteiger partial charge in [0.05, 0.1) is 4.90 Å². The van der Waals surface area contributed by atoms with Crippen LogP contribution in [0.3, 0.4) is 0 Å². The van der Waals surface area contributed by atoms with Crippen LogP contribution in [0.5, 0.6) is 0 Å². The predicted octanol–water partition coefficient (Wildman–Crippen LogP) is 0.446. The van der Waals surface area contributed by atoms with Crippen molar-refractivity contribution < 1.29 is 13.2 Å². The molecule has 0 radical (unpaired) electrons. The molecule has 0 fully saturated rings. The minimum absolute atomic E-state index is 0.0310. The van der Waals surface area contributed by atoms with Crippen LogP contribution >= 0.6 is 15.9 Å². The van der Waals surface area contributed by atoms with Gasteiger partial charge in [0.1, 0.15) is 0 Å². The van der Waals surface area contributed by atoms with Gasteiger partial charge >= 0.3 is 0 Å². The summed E-state index contributed by atoms with van der Waals surface area (Å²) < 4.78 is 26.6. The van der Waals surface area contributed by atoms with E-state index in [1.165, 1.54) is 13.1 Å². The van der Waals surface area contributed by atoms with E-state index in [2.05, 4.69) is 26.0 Å². The Morgan fingerprint density at radius 1 is 1.44 bits per heavy atom. The van der Waals surface area contributed by atoms with E-state index in [4.69, 9.17) is 5.73 Å². The van der Waals surface area contributed by atoms with E-state index < -0.39 is 10.0 Å². The zero-order valence-electron chi connectivity index (χ0n) is 9.73. The molecule has 0 heterocycles. The largest absolute Gasteiger partial charge is 0.399 e. The minimum Gasteiger partial charge on any atom is -0.399 e. The van der Waals surface area contributed by atoms with Gasteiger partial charge < -0.3 is 11.1 Å². The molecule has 18 heavy (non-hydrogen) atoms. The van der Waals surface area contributed by atoms with E-state index in [-0.39, 0.29) is 23.8 Å². The number of carbonyl (C=O) groups excluding carboxylic acids is 1. The van der Waals surface area contributed by atoms with Crippen LogP contribution in [0.4, 0.5) is 5.69 Å². The molecule has 8 heteroatoms. The first-order chi connectivity index (χ1) is 8.36. The fraction of sp³-hybridized carbons (Fsp3) is 0.300. The van der Waals surface area contributed by atoms with Gasteiger partial charge in [-0.25, -0.2) is 13.1 Å². The SMILES string of the molecule is CNC(=O)CCNS(=O)(=O)c1cc(N)ccc1Br. The molecule has 0 bridgehead atoms. The summed E-state index contributed by atoms with van der Waals surface area (Å²) in [6.45, 7) is 0.0310. The molecule has 0 saturated carbocycles. The van der Waals surface area contributed by atoms with Crippen molar-refractivity contribution in [2.24, 2.45) is 0 Å². The van der Waals surface area contributed by atoms with Gasteiger partial charge in [0.15, 0.2) is 0 Å². The fourth-order valence-corrected chi connectivity index (χ4v) is 3.26. The lowest BCUT2D eigenvalue weighted by molar-refractivity contribution is -0.120. The van der Waals surface area contributed by atoms with E-state index in [0.29, 0.717) is 10.2 Å². The molecule has 4 N–H and O–H groups in total. The molecule has 1 aromatic rings. The Bertz CT molecular complexity index is 545. The number of halogens is 1. The van der Waals surface area contributed by atoms with Gasteiger partial charge in [-0.2, -0.15) is 0 Å². The van der Waals surface area contributed by atoms with Gasteiger partial charge in [0.2, 0.25) is 15.9 Å². The molecule has 0 aliphatic carbocycles. The molecule has 0 aromatic heterocycles. The molecular weight excluding hydrogens is 322 g/mol. The van der Waals surface area contributed by atoms with Gasteiger partial charge in [-0.3, -0.25) is 4.79 Å². The fourth-order valence-electron chi connectivity index (χ4n) is 1.23. The Hall–Kier alpha value is -1.12. The molecular formula is C10H14BrN3O3S. The normalized spacial score (nSPS) is 11.2.